The molecule has 1 aromatic rings. The molecule has 4 atom stereocenters. The van der Waals surface area contributed by atoms with Gasteiger partial charge in [0.15, 0.2) is 0 Å². The van der Waals surface area contributed by atoms with Crippen LogP contribution in [0.4, 0.5) is 0 Å². The van der Waals surface area contributed by atoms with E-state index in [0.717, 1.165) is 35.9 Å². The highest BCUT2D eigenvalue weighted by molar-refractivity contribution is 7.99. The second-order valence-corrected chi connectivity index (χ2v) is 9.11. The van der Waals surface area contributed by atoms with Gasteiger partial charge in [0.1, 0.15) is 11.4 Å². The highest BCUT2D eigenvalue weighted by Crippen LogP contribution is 2.52. The third-order valence-corrected chi connectivity index (χ3v) is 7.24. The molecule has 5 rings (SSSR count). The zero-order chi connectivity index (χ0) is 19.3. The van der Waals surface area contributed by atoms with Gasteiger partial charge in [-0.2, -0.15) is 11.8 Å². The van der Waals surface area contributed by atoms with Crippen molar-refractivity contribution >= 4 is 23.6 Å². The Kier molecular flexibility index (Phi) is 4.39. The summed E-state index contributed by atoms with van der Waals surface area (Å²) in [6.07, 6.45) is 3.73. The standard InChI is InChI=1S/C21H24N2O4S/c1-26-15-4-2-3-14(11-15)12-23-13-21-6-5-16(27-21)17(18(21)20(23)25)19(24)22-7-9-28-10-8-22/h2-6,11,16-18H,7-10,12-13H2,1H3/t16-,17+,18-,21-/m0/s1. The molecule has 1 spiro atoms. The number of likely N-dealkylation sites (tertiary alicyclic amines) is 1. The number of amides is 2. The lowest BCUT2D eigenvalue weighted by Crippen LogP contribution is -2.48. The molecule has 0 saturated carbocycles. The van der Waals surface area contributed by atoms with Crippen LogP contribution in [0.1, 0.15) is 5.56 Å². The van der Waals surface area contributed by atoms with Gasteiger partial charge >= 0.3 is 0 Å². The van der Waals surface area contributed by atoms with Gasteiger partial charge < -0.3 is 19.3 Å². The van der Waals surface area contributed by atoms with E-state index < -0.39 is 17.4 Å². The van der Waals surface area contributed by atoms with E-state index in [-0.39, 0.29) is 17.9 Å². The molecule has 4 aliphatic heterocycles. The van der Waals surface area contributed by atoms with Gasteiger partial charge in [-0.05, 0) is 17.7 Å². The Bertz CT molecular complexity index is 837. The maximum Gasteiger partial charge on any atom is 0.230 e. The molecule has 28 heavy (non-hydrogen) atoms. The van der Waals surface area contributed by atoms with Crippen molar-refractivity contribution in [2.75, 3.05) is 38.2 Å². The summed E-state index contributed by atoms with van der Waals surface area (Å²) in [5.74, 6) is 2.01. The van der Waals surface area contributed by atoms with Crippen LogP contribution in [0.5, 0.6) is 5.75 Å². The van der Waals surface area contributed by atoms with E-state index in [1.165, 1.54) is 0 Å². The van der Waals surface area contributed by atoms with Crippen LogP contribution in [-0.4, -0.2) is 71.6 Å². The van der Waals surface area contributed by atoms with Crippen LogP contribution < -0.4 is 4.74 Å². The largest absolute Gasteiger partial charge is 0.497 e. The molecule has 0 N–H and O–H groups in total. The Balaban J connectivity index is 1.38. The van der Waals surface area contributed by atoms with Crippen LogP contribution in [0.2, 0.25) is 0 Å². The average molecular weight is 401 g/mol. The van der Waals surface area contributed by atoms with E-state index in [1.54, 1.807) is 7.11 Å². The molecule has 0 aliphatic carbocycles. The topological polar surface area (TPSA) is 59.1 Å². The number of hydrogen-bond donors (Lipinski definition) is 0. The zero-order valence-electron chi connectivity index (χ0n) is 15.9. The van der Waals surface area contributed by atoms with E-state index >= 15 is 0 Å². The molecule has 4 heterocycles. The van der Waals surface area contributed by atoms with Crippen molar-refractivity contribution in [3.63, 3.8) is 0 Å². The number of thioether (sulfide) groups is 1. The highest BCUT2D eigenvalue weighted by atomic mass is 32.2. The number of methoxy groups -OCH3 is 1. The highest BCUT2D eigenvalue weighted by Gasteiger charge is 2.67. The molecule has 0 aromatic heterocycles. The van der Waals surface area contributed by atoms with Crippen molar-refractivity contribution in [1.82, 2.24) is 9.80 Å². The number of hydrogen-bond acceptors (Lipinski definition) is 5. The van der Waals surface area contributed by atoms with Gasteiger partial charge in [0, 0.05) is 31.1 Å². The van der Waals surface area contributed by atoms with Crippen molar-refractivity contribution in [3.05, 3.63) is 42.0 Å². The molecule has 3 fully saturated rings. The molecule has 2 bridgehead atoms. The fourth-order valence-corrected chi connectivity index (χ4v) is 5.88. The van der Waals surface area contributed by atoms with E-state index in [2.05, 4.69) is 0 Å². The van der Waals surface area contributed by atoms with Gasteiger partial charge in [-0.1, -0.05) is 24.3 Å². The summed E-state index contributed by atoms with van der Waals surface area (Å²) in [6.45, 7) is 2.52. The minimum Gasteiger partial charge on any atom is -0.497 e. The summed E-state index contributed by atoms with van der Waals surface area (Å²) in [5.41, 5.74) is 0.365. The lowest BCUT2D eigenvalue weighted by Gasteiger charge is -2.32. The smallest absolute Gasteiger partial charge is 0.230 e. The molecule has 7 heteroatoms. The molecule has 3 saturated heterocycles. The van der Waals surface area contributed by atoms with Crippen molar-refractivity contribution < 1.29 is 19.1 Å². The summed E-state index contributed by atoms with van der Waals surface area (Å²) >= 11 is 1.87. The number of carbonyl (C=O) groups is 2. The van der Waals surface area contributed by atoms with Gasteiger partial charge in [0.05, 0.1) is 31.6 Å². The first-order valence-corrected chi connectivity index (χ1v) is 10.9. The van der Waals surface area contributed by atoms with Crippen LogP contribution >= 0.6 is 11.8 Å². The predicted octanol–water partition coefficient (Wildman–Crippen LogP) is 1.55. The van der Waals surface area contributed by atoms with Crippen LogP contribution in [0, 0.1) is 11.8 Å². The van der Waals surface area contributed by atoms with Gasteiger partial charge in [-0.25, -0.2) is 0 Å². The number of benzene rings is 1. The third kappa shape index (κ3) is 2.75. The summed E-state index contributed by atoms with van der Waals surface area (Å²) in [6, 6.07) is 7.75. The Morgan fingerprint density at radius 1 is 1.36 bits per heavy atom. The molecular formula is C21H24N2O4S. The first-order valence-electron chi connectivity index (χ1n) is 9.77. The number of nitrogens with zero attached hydrogens (tertiary/aromatic N) is 2. The van der Waals surface area contributed by atoms with Crippen LogP contribution in [0.15, 0.2) is 36.4 Å². The molecule has 2 amide bonds. The van der Waals surface area contributed by atoms with Crippen LogP contribution in [0.25, 0.3) is 0 Å². The van der Waals surface area contributed by atoms with E-state index in [4.69, 9.17) is 9.47 Å². The maximum absolute atomic E-state index is 13.3. The Hall–Kier alpha value is -1.99. The summed E-state index contributed by atoms with van der Waals surface area (Å²) in [4.78, 5) is 30.3. The average Bonchev–Trinajstić information content (AvgIpc) is 3.37. The van der Waals surface area contributed by atoms with Gasteiger partial charge in [-0.15, -0.1) is 0 Å². The number of carbonyl (C=O) groups excluding carboxylic acids is 2. The molecule has 148 valence electrons. The fraction of sp³-hybridized carbons (Fsp3) is 0.524. The van der Waals surface area contributed by atoms with Crippen molar-refractivity contribution in [2.24, 2.45) is 11.8 Å². The normalized spacial score (nSPS) is 33.5. The number of rotatable bonds is 4. The van der Waals surface area contributed by atoms with E-state index in [1.807, 2.05) is 58.0 Å². The number of ether oxygens (including phenoxy) is 2. The SMILES string of the molecule is COc1cccc(CN2C[C@]34C=C[C@H](O3)[C@@H](C(=O)N3CCSCC3)[C@H]4C2=O)c1. The lowest BCUT2D eigenvalue weighted by atomic mass is 9.76. The summed E-state index contributed by atoms with van der Waals surface area (Å²) in [5, 5.41) is 0. The molecular weight excluding hydrogens is 376 g/mol. The van der Waals surface area contributed by atoms with Crippen molar-refractivity contribution in [1.29, 1.82) is 0 Å². The lowest BCUT2D eigenvalue weighted by molar-refractivity contribution is -0.143. The molecule has 0 radical (unpaired) electrons. The minimum absolute atomic E-state index is 0.0272. The third-order valence-electron chi connectivity index (χ3n) is 6.29. The molecule has 6 nitrogen and oxygen atoms in total. The first-order chi connectivity index (χ1) is 13.6. The second-order valence-electron chi connectivity index (χ2n) is 7.88. The van der Waals surface area contributed by atoms with Gasteiger partial charge in [0.25, 0.3) is 0 Å². The number of fused-ring (bicyclic) bond motifs is 1. The minimum atomic E-state index is -0.647. The monoisotopic (exact) mass is 400 g/mol. The van der Waals surface area contributed by atoms with Crippen molar-refractivity contribution in [2.45, 2.75) is 18.2 Å². The molecule has 4 aliphatic rings. The van der Waals surface area contributed by atoms with Crippen LogP contribution in [-0.2, 0) is 20.9 Å². The Morgan fingerprint density at radius 3 is 2.96 bits per heavy atom. The zero-order valence-corrected chi connectivity index (χ0v) is 16.7. The van der Waals surface area contributed by atoms with Gasteiger partial charge in [-0.3, -0.25) is 9.59 Å². The van der Waals surface area contributed by atoms with Crippen molar-refractivity contribution in [3.8, 4) is 5.75 Å². The maximum atomic E-state index is 13.3. The van der Waals surface area contributed by atoms with Crippen LogP contribution in [0.3, 0.4) is 0 Å². The van der Waals surface area contributed by atoms with E-state index in [9.17, 15) is 9.59 Å². The quantitative estimate of drug-likeness (QED) is 0.718. The second kappa shape index (κ2) is 6.81. The summed E-state index contributed by atoms with van der Waals surface area (Å²) < 4.78 is 11.5. The molecule has 1 aromatic carbocycles. The van der Waals surface area contributed by atoms with Gasteiger partial charge in [0.2, 0.25) is 11.8 Å². The summed E-state index contributed by atoms with van der Waals surface area (Å²) in [7, 11) is 1.64. The predicted molar refractivity (Wildman–Crippen MR) is 106 cm³/mol. The molecule has 0 unspecified atom stereocenters. The van der Waals surface area contributed by atoms with E-state index in [0.29, 0.717) is 13.1 Å². The Labute approximate surface area is 168 Å². The first kappa shape index (κ1) is 18.1. The fourth-order valence-electron chi connectivity index (χ4n) is 4.98. The Morgan fingerprint density at radius 2 is 2.18 bits per heavy atom.